The second-order valence-corrected chi connectivity index (χ2v) is 10.5. The normalized spacial score (nSPS) is 14.2. The summed E-state index contributed by atoms with van der Waals surface area (Å²) in [6, 6.07) is 16.2. The van der Waals surface area contributed by atoms with Crippen LogP contribution in [0.25, 0.3) is 0 Å². The Morgan fingerprint density at radius 3 is 2.47 bits per heavy atom. The Labute approximate surface area is 210 Å². The van der Waals surface area contributed by atoms with Gasteiger partial charge in [0.15, 0.2) is 0 Å². The topological polar surface area (TPSA) is 57.7 Å². The van der Waals surface area contributed by atoms with Gasteiger partial charge in [-0.1, -0.05) is 23.9 Å². The number of nitrogens with zero attached hydrogens (tertiary/aromatic N) is 3. The molecular weight excluding hydrogens is 464 g/mol. The van der Waals surface area contributed by atoms with Crippen LogP contribution in [0.4, 0.5) is 5.69 Å². The summed E-state index contributed by atoms with van der Waals surface area (Å²) >= 11 is 3.41. The molecule has 180 valence electrons. The lowest BCUT2D eigenvalue weighted by Gasteiger charge is -2.36. The second-order valence-electron chi connectivity index (χ2n) is 8.38. The van der Waals surface area contributed by atoms with Crippen molar-refractivity contribution < 1.29 is 9.53 Å². The molecule has 0 unspecified atom stereocenters. The molecule has 0 radical (unpaired) electrons. The summed E-state index contributed by atoms with van der Waals surface area (Å²) in [6.07, 6.45) is 0.955. The van der Waals surface area contributed by atoms with Gasteiger partial charge in [-0.3, -0.25) is 9.69 Å². The van der Waals surface area contributed by atoms with Gasteiger partial charge in [-0.2, -0.15) is 0 Å². The Balaban J connectivity index is 1.12. The number of aromatic nitrogens is 1. The molecule has 2 heterocycles. The number of rotatable bonds is 10. The Bertz CT molecular complexity index is 1050. The average molecular weight is 497 g/mol. The highest BCUT2D eigenvalue weighted by molar-refractivity contribution is 8.00. The van der Waals surface area contributed by atoms with E-state index < -0.39 is 0 Å². The number of piperazine rings is 1. The van der Waals surface area contributed by atoms with Crippen LogP contribution in [-0.4, -0.2) is 62.2 Å². The van der Waals surface area contributed by atoms with Crippen molar-refractivity contribution in [2.75, 3.05) is 51.3 Å². The Hall–Kier alpha value is -2.55. The number of hydrogen-bond acceptors (Lipinski definition) is 7. The van der Waals surface area contributed by atoms with Gasteiger partial charge in [-0.25, -0.2) is 4.98 Å². The van der Waals surface area contributed by atoms with Crippen molar-refractivity contribution in [1.82, 2.24) is 15.2 Å². The number of methoxy groups -OCH3 is 1. The average Bonchev–Trinajstić information content (AvgIpc) is 3.31. The lowest BCUT2D eigenvalue weighted by Crippen LogP contribution is -2.47. The van der Waals surface area contributed by atoms with E-state index in [4.69, 9.17) is 4.74 Å². The summed E-state index contributed by atoms with van der Waals surface area (Å²) in [5, 5.41) is 5.13. The second kappa shape index (κ2) is 12.2. The number of carbonyl (C=O) groups excluding carboxylic acids is 1. The van der Waals surface area contributed by atoms with Crippen molar-refractivity contribution in [2.45, 2.75) is 23.4 Å². The number of aryl methyl sites for hydroxylation is 1. The number of thioether (sulfide) groups is 1. The molecule has 1 amide bonds. The number of amides is 1. The molecule has 34 heavy (non-hydrogen) atoms. The van der Waals surface area contributed by atoms with Gasteiger partial charge in [0.1, 0.15) is 10.1 Å². The molecule has 0 spiro atoms. The summed E-state index contributed by atoms with van der Waals surface area (Å²) < 4.78 is 6.33. The first kappa shape index (κ1) is 24.6. The van der Waals surface area contributed by atoms with E-state index in [-0.39, 0.29) is 5.91 Å². The van der Waals surface area contributed by atoms with Crippen molar-refractivity contribution in [3.63, 3.8) is 0 Å². The lowest BCUT2D eigenvalue weighted by atomic mass is 10.1. The van der Waals surface area contributed by atoms with Crippen LogP contribution in [0.2, 0.25) is 0 Å². The van der Waals surface area contributed by atoms with Crippen LogP contribution in [-0.2, 0) is 5.75 Å². The molecule has 1 aliphatic rings. The van der Waals surface area contributed by atoms with Crippen molar-refractivity contribution in [1.29, 1.82) is 0 Å². The van der Waals surface area contributed by atoms with E-state index in [2.05, 4.69) is 37.6 Å². The van der Waals surface area contributed by atoms with Gasteiger partial charge in [0.25, 0.3) is 5.91 Å². The number of ether oxygens (including phenoxy) is 1. The molecule has 1 aromatic heterocycles. The summed E-state index contributed by atoms with van der Waals surface area (Å²) in [7, 11) is 1.69. The third kappa shape index (κ3) is 6.98. The smallest absolute Gasteiger partial charge is 0.251 e. The molecule has 0 saturated carbocycles. The van der Waals surface area contributed by atoms with Gasteiger partial charge < -0.3 is 15.0 Å². The van der Waals surface area contributed by atoms with Crippen molar-refractivity contribution in [3.05, 3.63) is 70.7 Å². The van der Waals surface area contributed by atoms with Crippen LogP contribution in [0.5, 0.6) is 5.75 Å². The Morgan fingerprint density at radius 1 is 1.09 bits per heavy atom. The molecule has 0 atom stereocenters. The van der Waals surface area contributed by atoms with Crippen LogP contribution < -0.4 is 15.0 Å². The third-order valence-corrected chi connectivity index (χ3v) is 8.13. The lowest BCUT2D eigenvalue weighted by molar-refractivity contribution is 0.0951. The molecule has 0 aliphatic carbocycles. The van der Waals surface area contributed by atoms with Gasteiger partial charge in [0.05, 0.1) is 7.11 Å². The number of nitrogens with one attached hydrogen (secondary N) is 1. The molecule has 6 nitrogen and oxygen atoms in total. The minimum absolute atomic E-state index is 0.000855. The number of hydrogen-bond donors (Lipinski definition) is 1. The highest BCUT2D eigenvalue weighted by atomic mass is 32.2. The maximum Gasteiger partial charge on any atom is 0.251 e. The first-order valence-corrected chi connectivity index (χ1v) is 13.5. The van der Waals surface area contributed by atoms with Gasteiger partial charge in [-0.05, 0) is 61.9 Å². The summed E-state index contributed by atoms with van der Waals surface area (Å²) in [6.45, 7) is 7.83. The van der Waals surface area contributed by atoms with E-state index in [1.165, 1.54) is 11.3 Å². The molecule has 1 N–H and O–H groups in total. The monoisotopic (exact) mass is 496 g/mol. The predicted molar refractivity (Wildman–Crippen MR) is 141 cm³/mol. The SMILES string of the molecule is COc1ccc(N2CCN(CCCNC(=O)c3ccc(CSc4nc(C)cs4)cc3)CC2)cc1. The number of benzene rings is 2. The predicted octanol–water partition coefficient (Wildman–Crippen LogP) is 4.69. The highest BCUT2D eigenvalue weighted by Gasteiger charge is 2.17. The minimum atomic E-state index is -0.000855. The highest BCUT2D eigenvalue weighted by Crippen LogP contribution is 2.26. The van der Waals surface area contributed by atoms with Crippen molar-refractivity contribution in [3.8, 4) is 5.75 Å². The fourth-order valence-corrected chi connectivity index (χ4v) is 5.73. The molecule has 1 aliphatic heterocycles. The van der Waals surface area contributed by atoms with Gasteiger partial charge in [0, 0.05) is 60.8 Å². The zero-order chi connectivity index (χ0) is 23.8. The van der Waals surface area contributed by atoms with Crippen molar-refractivity contribution in [2.24, 2.45) is 0 Å². The van der Waals surface area contributed by atoms with Gasteiger partial charge >= 0.3 is 0 Å². The number of thiazole rings is 1. The van der Waals surface area contributed by atoms with E-state index in [0.29, 0.717) is 12.1 Å². The fourth-order valence-electron chi connectivity index (χ4n) is 3.93. The first-order valence-electron chi connectivity index (χ1n) is 11.6. The molecule has 1 fully saturated rings. The first-order chi connectivity index (χ1) is 16.6. The molecular formula is C26H32N4O2S2. The van der Waals surface area contributed by atoms with Crippen LogP contribution >= 0.6 is 23.1 Å². The summed E-state index contributed by atoms with van der Waals surface area (Å²) in [4.78, 5) is 21.8. The largest absolute Gasteiger partial charge is 0.497 e. The van der Waals surface area contributed by atoms with Crippen molar-refractivity contribution >= 4 is 34.7 Å². The molecule has 3 aromatic rings. The summed E-state index contributed by atoms with van der Waals surface area (Å²) in [5.41, 5.74) is 4.22. The molecule has 8 heteroatoms. The zero-order valence-corrected chi connectivity index (χ0v) is 21.5. The van der Waals surface area contributed by atoms with Crippen LogP contribution in [0, 0.1) is 6.92 Å². The Morgan fingerprint density at radius 2 is 1.82 bits per heavy atom. The molecule has 4 rings (SSSR count). The van der Waals surface area contributed by atoms with E-state index >= 15 is 0 Å². The molecule has 1 saturated heterocycles. The maximum atomic E-state index is 12.5. The Kier molecular flexibility index (Phi) is 8.85. The van der Waals surface area contributed by atoms with Gasteiger partial charge in [-0.15, -0.1) is 11.3 Å². The minimum Gasteiger partial charge on any atom is -0.497 e. The van der Waals surface area contributed by atoms with Crippen LogP contribution in [0.15, 0.2) is 58.3 Å². The van der Waals surface area contributed by atoms with Crippen LogP contribution in [0.3, 0.4) is 0 Å². The van der Waals surface area contributed by atoms with Gasteiger partial charge in [0.2, 0.25) is 0 Å². The van der Waals surface area contributed by atoms with Crippen LogP contribution in [0.1, 0.15) is 28.0 Å². The zero-order valence-electron chi connectivity index (χ0n) is 19.8. The van der Waals surface area contributed by atoms with E-state index in [0.717, 1.165) is 60.7 Å². The standard InChI is InChI=1S/C26H32N4O2S2/c1-20-18-33-26(28-20)34-19-21-4-6-22(7-5-21)25(31)27-12-3-13-29-14-16-30(17-15-29)23-8-10-24(32-2)11-9-23/h4-11,18H,3,12-17,19H2,1-2H3,(H,27,31). The molecule has 2 aromatic carbocycles. The summed E-state index contributed by atoms with van der Waals surface area (Å²) in [5.74, 6) is 1.75. The number of anilines is 1. The quantitative estimate of drug-likeness (QED) is 0.325. The third-order valence-electron chi connectivity index (χ3n) is 5.92. The van der Waals surface area contributed by atoms with E-state index in [9.17, 15) is 4.79 Å². The molecule has 0 bridgehead atoms. The van der Waals surface area contributed by atoms with E-state index in [1.54, 1.807) is 30.2 Å². The maximum absolute atomic E-state index is 12.5. The number of carbonyl (C=O) groups is 1. The van der Waals surface area contributed by atoms with E-state index in [1.807, 2.05) is 43.3 Å². The fraction of sp³-hybridized carbons (Fsp3) is 0.385.